The summed E-state index contributed by atoms with van der Waals surface area (Å²) in [6, 6.07) is 13.2. The van der Waals surface area contributed by atoms with Gasteiger partial charge in [-0.15, -0.1) is 0 Å². The highest BCUT2D eigenvalue weighted by atomic mass is 32.2. The average Bonchev–Trinajstić information content (AvgIpc) is 2.96. The number of nitrogens with zero attached hydrogens (tertiary/aromatic N) is 1. The van der Waals surface area contributed by atoms with Gasteiger partial charge in [0.05, 0.1) is 10.5 Å². The molecule has 1 fully saturated rings. The van der Waals surface area contributed by atoms with Crippen molar-refractivity contribution in [2.24, 2.45) is 5.92 Å². The maximum absolute atomic E-state index is 15.1. The quantitative estimate of drug-likeness (QED) is 0.700. The number of amides is 1. The molecule has 6 heteroatoms. The Balaban J connectivity index is 1.97. The van der Waals surface area contributed by atoms with Crippen LogP contribution in [0.15, 0.2) is 59.0 Å². The second kappa shape index (κ2) is 7.51. The predicted octanol–water partition coefficient (Wildman–Crippen LogP) is 4.67. The summed E-state index contributed by atoms with van der Waals surface area (Å²) in [5.41, 5.74) is 2.18. The Morgan fingerprint density at radius 2 is 1.64 bits per heavy atom. The van der Waals surface area contributed by atoms with Crippen LogP contribution in [0, 0.1) is 12.8 Å². The lowest BCUT2D eigenvalue weighted by molar-refractivity contribution is -0.120. The summed E-state index contributed by atoms with van der Waals surface area (Å²) in [4.78, 5) is 12.9. The Morgan fingerprint density at radius 3 is 2.18 bits per heavy atom. The van der Waals surface area contributed by atoms with Crippen molar-refractivity contribution in [2.75, 3.05) is 6.54 Å². The largest absolute Gasteiger partial charge is 0.268 e. The van der Waals surface area contributed by atoms with Crippen LogP contribution in [-0.2, 0) is 14.8 Å². The molecule has 2 aromatic carbocycles. The Morgan fingerprint density at radius 1 is 1.07 bits per heavy atom. The average molecular weight is 402 g/mol. The highest BCUT2D eigenvalue weighted by Crippen LogP contribution is 2.35. The van der Waals surface area contributed by atoms with E-state index in [1.807, 2.05) is 32.9 Å². The standard InChI is InChI=1S/C22H24FNO3S/c1-14(2)17-7-9-18(10-8-17)21(23)20-16(4)13-24(22(20)25)28(26,27)19-11-5-15(3)6-12-19/h5-12,14,16H,13H2,1-4H3/b21-20+. The number of hydrogen-bond donors (Lipinski definition) is 0. The molecule has 148 valence electrons. The first-order chi connectivity index (χ1) is 13.1. The van der Waals surface area contributed by atoms with E-state index in [1.165, 1.54) is 12.1 Å². The first-order valence-corrected chi connectivity index (χ1v) is 10.7. The van der Waals surface area contributed by atoms with Gasteiger partial charge in [0.1, 0.15) is 5.83 Å². The first-order valence-electron chi connectivity index (χ1n) is 9.26. The van der Waals surface area contributed by atoms with Crippen LogP contribution in [0.25, 0.3) is 5.83 Å². The topological polar surface area (TPSA) is 54.5 Å². The van der Waals surface area contributed by atoms with Gasteiger partial charge in [0.25, 0.3) is 15.9 Å². The molecule has 0 aliphatic carbocycles. The van der Waals surface area contributed by atoms with Crippen molar-refractivity contribution in [1.82, 2.24) is 4.31 Å². The van der Waals surface area contributed by atoms with Gasteiger partial charge in [-0.2, -0.15) is 0 Å². The van der Waals surface area contributed by atoms with Crippen LogP contribution in [0.3, 0.4) is 0 Å². The van der Waals surface area contributed by atoms with Crippen LogP contribution in [0.2, 0.25) is 0 Å². The molecule has 0 N–H and O–H groups in total. The van der Waals surface area contributed by atoms with Crippen LogP contribution < -0.4 is 0 Å². The monoisotopic (exact) mass is 401 g/mol. The maximum Gasteiger partial charge on any atom is 0.266 e. The van der Waals surface area contributed by atoms with Gasteiger partial charge in [-0.3, -0.25) is 4.79 Å². The minimum Gasteiger partial charge on any atom is -0.268 e. The second-order valence-corrected chi connectivity index (χ2v) is 9.42. The van der Waals surface area contributed by atoms with E-state index in [0.29, 0.717) is 5.92 Å². The minimum absolute atomic E-state index is 0.0293. The van der Waals surface area contributed by atoms with Gasteiger partial charge in [0.15, 0.2) is 0 Å². The van der Waals surface area contributed by atoms with Crippen LogP contribution in [-0.4, -0.2) is 25.2 Å². The van der Waals surface area contributed by atoms with E-state index in [0.717, 1.165) is 15.4 Å². The molecule has 2 aromatic rings. The number of carbonyl (C=O) groups is 1. The number of aryl methyl sites for hydroxylation is 1. The van der Waals surface area contributed by atoms with Gasteiger partial charge in [-0.25, -0.2) is 17.1 Å². The van der Waals surface area contributed by atoms with Crippen molar-refractivity contribution >= 4 is 21.8 Å². The van der Waals surface area contributed by atoms with E-state index in [4.69, 9.17) is 0 Å². The molecule has 1 amide bonds. The number of carbonyl (C=O) groups excluding carboxylic acids is 1. The number of hydrogen-bond acceptors (Lipinski definition) is 3. The lowest BCUT2D eigenvalue weighted by atomic mass is 9.97. The number of rotatable bonds is 4. The molecular formula is C22H24FNO3S. The lowest BCUT2D eigenvalue weighted by Gasteiger charge is -2.16. The summed E-state index contributed by atoms with van der Waals surface area (Å²) >= 11 is 0. The fourth-order valence-electron chi connectivity index (χ4n) is 3.29. The molecule has 1 aliphatic rings. The number of sulfonamides is 1. The van der Waals surface area contributed by atoms with Crippen LogP contribution in [0.1, 0.15) is 43.4 Å². The number of benzene rings is 2. The second-order valence-electron chi connectivity index (χ2n) is 7.56. The van der Waals surface area contributed by atoms with Crippen LogP contribution in [0.5, 0.6) is 0 Å². The van der Waals surface area contributed by atoms with E-state index in [-0.39, 0.29) is 22.6 Å². The molecule has 0 aromatic heterocycles. The zero-order valence-corrected chi connectivity index (χ0v) is 17.3. The third kappa shape index (κ3) is 3.61. The zero-order chi connectivity index (χ0) is 20.6. The molecule has 1 saturated heterocycles. The summed E-state index contributed by atoms with van der Waals surface area (Å²) in [5.74, 6) is -1.67. The van der Waals surface area contributed by atoms with Gasteiger partial charge in [-0.05, 0) is 30.5 Å². The van der Waals surface area contributed by atoms with E-state index < -0.39 is 27.7 Å². The maximum atomic E-state index is 15.1. The predicted molar refractivity (Wildman–Crippen MR) is 108 cm³/mol. The van der Waals surface area contributed by atoms with E-state index in [9.17, 15) is 13.2 Å². The SMILES string of the molecule is Cc1ccc(S(=O)(=O)N2CC(C)/C(=C(\F)c3ccc(C(C)C)cc3)C2=O)cc1. The molecular weight excluding hydrogens is 377 g/mol. The summed E-state index contributed by atoms with van der Waals surface area (Å²) in [6.07, 6.45) is 0. The third-order valence-electron chi connectivity index (χ3n) is 5.07. The Labute approximate surface area is 165 Å². The Bertz CT molecular complexity index is 1020. The fourth-order valence-corrected chi connectivity index (χ4v) is 4.76. The normalized spacial score (nSPS) is 19.4. The van der Waals surface area contributed by atoms with Gasteiger partial charge >= 0.3 is 0 Å². The molecule has 3 rings (SSSR count). The van der Waals surface area contributed by atoms with E-state index >= 15 is 4.39 Å². The summed E-state index contributed by atoms with van der Waals surface area (Å²) in [7, 11) is -4.02. The molecule has 0 radical (unpaired) electrons. The Kier molecular flexibility index (Phi) is 5.44. The molecule has 0 bridgehead atoms. The van der Waals surface area contributed by atoms with Crippen LogP contribution >= 0.6 is 0 Å². The minimum atomic E-state index is -4.02. The highest BCUT2D eigenvalue weighted by Gasteiger charge is 2.42. The van der Waals surface area contributed by atoms with E-state index in [2.05, 4.69) is 0 Å². The van der Waals surface area contributed by atoms with Crippen molar-refractivity contribution in [3.63, 3.8) is 0 Å². The molecule has 0 spiro atoms. The summed E-state index contributed by atoms with van der Waals surface area (Å²) in [6.45, 7) is 7.53. The molecule has 1 atom stereocenters. The molecule has 1 aliphatic heterocycles. The van der Waals surface area contributed by atoms with Crippen molar-refractivity contribution in [3.8, 4) is 0 Å². The number of halogens is 1. The van der Waals surface area contributed by atoms with Crippen molar-refractivity contribution in [1.29, 1.82) is 0 Å². The Hall–Kier alpha value is -2.47. The zero-order valence-electron chi connectivity index (χ0n) is 16.4. The van der Waals surface area contributed by atoms with Crippen LogP contribution in [0.4, 0.5) is 4.39 Å². The summed E-state index contributed by atoms with van der Waals surface area (Å²) < 4.78 is 41.7. The van der Waals surface area contributed by atoms with Gasteiger partial charge in [0, 0.05) is 18.0 Å². The first kappa shape index (κ1) is 20.3. The molecule has 0 saturated carbocycles. The third-order valence-corrected chi connectivity index (χ3v) is 6.83. The highest BCUT2D eigenvalue weighted by molar-refractivity contribution is 7.89. The van der Waals surface area contributed by atoms with E-state index in [1.54, 1.807) is 31.2 Å². The fraction of sp³-hybridized carbons (Fsp3) is 0.318. The van der Waals surface area contributed by atoms with Gasteiger partial charge in [0.2, 0.25) is 0 Å². The molecule has 1 heterocycles. The van der Waals surface area contributed by atoms with Gasteiger partial charge in [-0.1, -0.05) is 62.7 Å². The smallest absolute Gasteiger partial charge is 0.266 e. The van der Waals surface area contributed by atoms with Crippen molar-refractivity contribution in [3.05, 3.63) is 70.8 Å². The van der Waals surface area contributed by atoms with Gasteiger partial charge < -0.3 is 0 Å². The molecule has 28 heavy (non-hydrogen) atoms. The summed E-state index contributed by atoms with van der Waals surface area (Å²) in [5, 5.41) is 0. The van der Waals surface area contributed by atoms with Crippen molar-refractivity contribution < 1.29 is 17.6 Å². The molecule has 4 nitrogen and oxygen atoms in total. The molecule has 1 unspecified atom stereocenters. The van der Waals surface area contributed by atoms with Crippen molar-refractivity contribution in [2.45, 2.75) is 38.5 Å². The lowest BCUT2D eigenvalue weighted by Crippen LogP contribution is -2.32.